The molecule has 0 saturated carbocycles. The summed E-state index contributed by atoms with van der Waals surface area (Å²) in [7, 11) is 1.86. The van der Waals surface area contributed by atoms with Crippen molar-refractivity contribution in [2.45, 2.75) is 19.8 Å². The molecular weight excluding hydrogens is 268 g/mol. The first-order valence-corrected chi connectivity index (χ1v) is 6.74. The maximum absolute atomic E-state index is 10.9. The lowest BCUT2D eigenvalue weighted by Crippen LogP contribution is -2.06. The molecule has 0 aliphatic heterocycles. The molecule has 0 saturated heterocycles. The fourth-order valence-electron chi connectivity index (χ4n) is 2.65. The molecule has 108 valence electrons. The molecule has 0 bridgehead atoms. The molecule has 0 aromatic carbocycles. The normalized spacial score (nSPS) is 11.1. The van der Waals surface area contributed by atoms with E-state index >= 15 is 0 Å². The number of aromatic nitrogens is 4. The van der Waals surface area contributed by atoms with Gasteiger partial charge in [0.1, 0.15) is 11.5 Å². The van der Waals surface area contributed by atoms with Gasteiger partial charge in [-0.2, -0.15) is 5.10 Å². The molecule has 21 heavy (non-hydrogen) atoms. The molecule has 0 radical (unpaired) electrons. The Hall–Kier alpha value is -2.63. The van der Waals surface area contributed by atoms with Crippen LogP contribution in [-0.2, 0) is 18.3 Å². The second kappa shape index (κ2) is 5.05. The molecule has 0 fully saturated rings. The number of carboxylic acids is 1. The number of carbonyl (C=O) groups is 1. The second-order valence-corrected chi connectivity index (χ2v) is 5.01. The maximum Gasteiger partial charge on any atom is 0.303 e. The van der Waals surface area contributed by atoms with Gasteiger partial charge in [-0.25, -0.2) is 4.98 Å². The minimum atomic E-state index is -0.806. The Morgan fingerprint density at radius 3 is 2.95 bits per heavy atom. The molecule has 6 nitrogen and oxygen atoms in total. The summed E-state index contributed by atoms with van der Waals surface area (Å²) in [4.78, 5) is 15.3. The summed E-state index contributed by atoms with van der Waals surface area (Å²) < 4.78 is 3.74. The maximum atomic E-state index is 10.9. The van der Waals surface area contributed by atoms with Crippen LogP contribution >= 0.6 is 0 Å². The van der Waals surface area contributed by atoms with Gasteiger partial charge in [0.05, 0.1) is 5.69 Å². The van der Waals surface area contributed by atoms with Gasteiger partial charge in [0, 0.05) is 36.8 Å². The monoisotopic (exact) mass is 284 g/mol. The van der Waals surface area contributed by atoms with Crippen LogP contribution in [0.1, 0.15) is 17.7 Å². The number of pyridine rings is 1. The van der Waals surface area contributed by atoms with Crippen molar-refractivity contribution < 1.29 is 9.90 Å². The number of fused-ring (bicyclic) bond motifs is 1. The Morgan fingerprint density at radius 1 is 1.38 bits per heavy atom. The molecule has 0 spiro atoms. The van der Waals surface area contributed by atoms with E-state index in [4.69, 9.17) is 5.11 Å². The van der Waals surface area contributed by atoms with E-state index in [1.54, 1.807) is 10.9 Å². The third-order valence-corrected chi connectivity index (χ3v) is 3.58. The molecule has 0 unspecified atom stereocenters. The average Bonchev–Trinajstić information content (AvgIpc) is 2.97. The van der Waals surface area contributed by atoms with Gasteiger partial charge in [0.2, 0.25) is 0 Å². The SMILES string of the molecule is Cc1nn(C)c(-n2ccc3cccnc32)c1CCC(=O)O. The lowest BCUT2D eigenvalue weighted by Gasteiger charge is -2.08. The van der Waals surface area contributed by atoms with Gasteiger partial charge in [0.25, 0.3) is 0 Å². The third-order valence-electron chi connectivity index (χ3n) is 3.58. The smallest absolute Gasteiger partial charge is 0.303 e. The van der Waals surface area contributed by atoms with E-state index in [0.717, 1.165) is 28.1 Å². The van der Waals surface area contributed by atoms with Gasteiger partial charge in [-0.3, -0.25) is 14.0 Å². The molecule has 0 atom stereocenters. The lowest BCUT2D eigenvalue weighted by molar-refractivity contribution is -0.136. The van der Waals surface area contributed by atoms with Crippen molar-refractivity contribution in [3.63, 3.8) is 0 Å². The summed E-state index contributed by atoms with van der Waals surface area (Å²) in [5.41, 5.74) is 2.65. The van der Waals surface area contributed by atoms with Gasteiger partial charge in [0.15, 0.2) is 0 Å². The highest BCUT2D eigenvalue weighted by Crippen LogP contribution is 2.24. The largest absolute Gasteiger partial charge is 0.481 e. The van der Waals surface area contributed by atoms with Crippen LogP contribution < -0.4 is 0 Å². The molecule has 3 heterocycles. The van der Waals surface area contributed by atoms with Gasteiger partial charge >= 0.3 is 5.97 Å². The molecule has 6 heteroatoms. The predicted octanol–water partition coefficient (Wildman–Crippen LogP) is 2.08. The number of hydrogen-bond acceptors (Lipinski definition) is 3. The summed E-state index contributed by atoms with van der Waals surface area (Å²) in [5.74, 6) is 0.0714. The zero-order chi connectivity index (χ0) is 15.0. The molecule has 0 amide bonds. The number of nitrogens with zero attached hydrogens (tertiary/aromatic N) is 4. The van der Waals surface area contributed by atoms with Crippen LogP contribution in [0.15, 0.2) is 30.6 Å². The number of aryl methyl sites for hydroxylation is 2. The van der Waals surface area contributed by atoms with Crippen LogP contribution in [0.3, 0.4) is 0 Å². The molecule has 3 aromatic heterocycles. The Bertz CT molecular complexity index is 816. The highest BCUT2D eigenvalue weighted by molar-refractivity contribution is 5.78. The predicted molar refractivity (Wildman–Crippen MR) is 78.5 cm³/mol. The summed E-state index contributed by atoms with van der Waals surface area (Å²) >= 11 is 0. The fraction of sp³-hybridized carbons (Fsp3) is 0.267. The van der Waals surface area contributed by atoms with Crippen LogP contribution in [0.25, 0.3) is 16.9 Å². The Balaban J connectivity index is 2.15. The lowest BCUT2D eigenvalue weighted by atomic mass is 10.1. The Morgan fingerprint density at radius 2 is 2.19 bits per heavy atom. The van der Waals surface area contributed by atoms with E-state index in [1.807, 2.05) is 42.9 Å². The Labute approximate surface area is 121 Å². The van der Waals surface area contributed by atoms with Crippen LogP contribution in [-0.4, -0.2) is 30.4 Å². The fourth-order valence-corrected chi connectivity index (χ4v) is 2.65. The van der Waals surface area contributed by atoms with E-state index in [1.165, 1.54) is 0 Å². The van der Waals surface area contributed by atoms with Crippen LogP contribution in [0.4, 0.5) is 0 Å². The van der Waals surface area contributed by atoms with Crippen molar-refractivity contribution >= 4 is 17.0 Å². The highest BCUT2D eigenvalue weighted by Gasteiger charge is 2.17. The van der Waals surface area contributed by atoms with Crippen molar-refractivity contribution in [3.05, 3.63) is 41.9 Å². The van der Waals surface area contributed by atoms with E-state index < -0.39 is 5.97 Å². The summed E-state index contributed by atoms with van der Waals surface area (Å²) in [6.07, 6.45) is 4.24. The van der Waals surface area contributed by atoms with Crippen LogP contribution in [0.2, 0.25) is 0 Å². The molecule has 1 N–H and O–H groups in total. The minimum absolute atomic E-state index is 0.0894. The van der Waals surface area contributed by atoms with Gasteiger partial charge in [-0.15, -0.1) is 0 Å². The van der Waals surface area contributed by atoms with Crippen molar-refractivity contribution in [1.29, 1.82) is 0 Å². The molecule has 3 rings (SSSR count). The number of hydrogen-bond donors (Lipinski definition) is 1. The van der Waals surface area contributed by atoms with Crippen molar-refractivity contribution in [2.24, 2.45) is 7.05 Å². The third kappa shape index (κ3) is 2.29. The van der Waals surface area contributed by atoms with E-state index in [-0.39, 0.29) is 6.42 Å². The van der Waals surface area contributed by atoms with E-state index in [2.05, 4.69) is 10.1 Å². The first kappa shape index (κ1) is 13.4. The van der Waals surface area contributed by atoms with Crippen molar-refractivity contribution in [2.75, 3.05) is 0 Å². The molecule has 3 aromatic rings. The number of carboxylic acid groups (broad SMARTS) is 1. The van der Waals surface area contributed by atoms with E-state index in [9.17, 15) is 4.79 Å². The second-order valence-electron chi connectivity index (χ2n) is 5.01. The number of aliphatic carboxylic acids is 1. The van der Waals surface area contributed by atoms with Gasteiger partial charge in [-0.05, 0) is 31.5 Å². The standard InChI is InChI=1S/C15H16N4O2/c1-10-12(5-6-13(20)21)15(18(2)17-10)19-9-7-11-4-3-8-16-14(11)19/h3-4,7-9H,5-6H2,1-2H3,(H,20,21). The minimum Gasteiger partial charge on any atom is -0.481 e. The number of rotatable bonds is 4. The molecule has 0 aliphatic rings. The van der Waals surface area contributed by atoms with Gasteiger partial charge < -0.3 is 5.11 Å². The molecular formula is C15H16N4O2. The van der Waals surface area contributed by atoms with Crippen molar-refractivity contribution in [3.8, 4) is 5.82 Å². The highest BCUT2D eigenvalue weighted by atomic mass is 16.4. The summed E-state index contributed by atoms with van der Waals surface area (Å²) in [6, 6.07) is 5.89. The van der Waals surface area contributed by atoms with Crippen LogP contribution in [0.5, 0.6) is 0 Å². The average molecular weight is 284 g/mol. The van der Waals surface area contributed by atoms with E-state index in [0.29, 0.717) is 6.42 Å². The summed E-state index contributed by atoms with van der Waals surface area (Å²) in [6.45, 7) is 1.90. The topological polar surface area (TPSA) is 72.9 Å². The Kier molecular flexibility index (Phi) is 3.21. The zero-order valence-electron chi connectivity index (χ0n) is 11.9. The first-order chi connectivity index (χ1) is 10.1. The van der Waals surface area contributed by atoms with Crippen LogP contribution in [0, 0.1) is 6.92 Å². The first-order valence-electron chi connectivity index (χ1n) is 6.74. The van der Waals surface area contributed by atoms with Crippen molar-refractivity contribution in [1.82, 2.24) is 19.3 Å². The molecule has 0 aliphatic carbocycles. The summed E-state index contributed by atoms with van der Waals surface area (Å²) in [5, 5.41) is 14.4. The zero-order valence-corrected chi connectivity index (χ0v) is 11.9. The quantitative estimate of drug-likeness (QED) is 0.796. The van der Waals surface area contributed by atoms with Gasteiger partial charge in [-0.1, -0.05) is 0 Å².